The van der Waals surface area contributed by atoms with Gasteiger partial charge in [0.25, 0.3) is 0 Å². The second-order valence-corrected chi connectivity index (χ2v) is 5.97. The molecule has 0 radical (unpaired) electrons. The van der Waals surface area contributed by atoms with Crippen LogP contribution in [0, 0.1) is 12.8 Å². The molecule has 0 saturated carbocycles. The molecule has 0 aliphatic carbocycles. The Morgan fingerprint density at radius 3 is 2.77 bits per heavy atom. The molecule has 1 aromatic carbocycles. The van der Waals surface area contributed by atoms with Crippen LogP contribution in [0.15, 0.2) is 35.1 Å². The highest BCUT2D eigenvalue weighted by atomic mass is 79.9. The number of carbonyl (C=O) groups is 2. The van der Waals surface area contributed by atoms with Gasteiger partial charge < -0.3 is 10.4 Å². The standard InChI is InChI=1S/C15H16BrN3O3/c1-9(7-19-8-11(16)6-17-19)14(20)18-13-5-3-4-12(10(13)2)15(21)22/h3-6,8-9H,7H2,1-2H3,(H,18,20)(H,21,22)/t9-/m0/s1. The van der Waals surface area contributed by atoms with Gasteiger partial charge in [-0.1, -0.05) is 13.0 Å². The van der Waals surface area contributed by atoms with Crippen LogP contribution in [-0.4, -0.2) is 26.8 Å². The molecule has 0 aliphatic rings. The summed E-state index contributed by atoms with van der Waals surface area (Å²) in [6, 6.07) is 4.82. The van der Waals surface area contributed by atoms with Crippen LogP contribution in [-0.2, 0) is 11.3 Å². The van der Waals surface area contributed by atoms with Crippen molar-refractivity contribution in [3.8, 4) is 0 Å². The third kappa shape index (κ3) is 3.73. The minimum atomic E-state index is -1.01. The fourth-order valence-electron chi connectivity index (χ4n) is 2.06. The topological polar surface area (TPSA) is 84.2 Å². The van der Waals surface area contributed by atoms with Crippen LogP contribution in [0.2, 0.25) is 0 Å². The van der Waals surface area contributed by atoms with E-state index in [1.807, 2.05) is 0 Å². The number of aromatic carboxylic acids is 1. The number of hydrogen-bond donors (Lipinski definition) is 2. The molecule has 1 heterocycles. The number of amides is 1. The van der Waals surface area contributed by atoms with E-state index in [-0.39, 0.29) is 17.4 Å². The van der Waals surface area contributed by atoms with Crippen molar-refractivity contribution in [2.45, 2.75) is 20.4 Å². The van der Waals surface area contributed by atoms with E-state index >= 15 is 0 Å². The highest BCUT2D eigenvalue weighted by molar-refractivity contribution is 9.10. The number of anilines is 1. The molecule has 1 aromatic heterocycles. The van der Waals surface area contributed by atoms with Crippen molar-refractivity contribution in [2.75, 3.05) is 5.32 Å². The zero-order valence-electron chi connectivity index (χ0n) is 12.2. The van der Waals surface area contributed by atoms with Gasteiger partial charge in [-0.2, -0.15) is 5.10 Å². The number of rotatable bonds is 5. The Morgan fingerprint density at radius 2 is 2.18 bits per heavy atom. The highest BCUT2D eigenvalue weighted by Crippen LogP contribution is 2.20. The number of nitrogens with zero attached hydrogens (tertiary/aromatic N) is 2. The minimum absolute atomic E-state index is 0.182. The summed E-state index contributed by atoms with van der Waals surface area (Å²) in [5.74, 6) is -1.50. The van der Waals surface area contributed by atoms with E-state index in [1.54, 1.807) is 43.1 Å². The summed E-state index contributed by atoms with van der Waals surface area (Å²) < 4.78 is 2.53. The van der Waals surface area contributed by atoms with Gasteiger partial charge in [0.15, 0.2) is 0 Å². The number of nitrogens with one attached hydrogen (secondary N) is 1. The van der Waals surface area contributed by atoms with Gasteiger partial charge in [-0.05, 0) is 40.5 Å². The van der Waals surface area contributed by atoms with Crippen molar-refractivity contribution in [3.05, 3.63) is 46.2 Å². The van der Waals surface area contributed by atoms with Crippen LogP contribution in [0.3, 0.4) is 0 Å². The number of carbonyl (C=O) groups excluding carboxylic acids is 1. The van der Waals surface area contributed by atoms with Crippen molar-refractivity contribution >= 4 is 33.5 Å². The molecule has 7 heteroatoms. The maximum atomic E-state index is 12.2. The zero-order valence-corrected chi connectivity index (χ0v) is 13.8. The third-order valence-electron chi connectivity index (χ3n) is 3.33. The average molecular weight is 366 g/mol. The van der Waals surface area contributed by atoms with Crippen molar-refractivity contribution in [1.29, 1.82) is 0 Å². The smallest absolute Gasteiger partial charge is 0.336 e. The van der Waals surface area contributed by atoms with Gasteiger partial charge in [-0.15, -0.1) is 0 Å². The van der Waals surface area contributed by atoms with Gasteiger partial charge in [0.1, 0.15) is 0 Å². The minimum Gasteiger partial charge on any atom is -0.478 e. The van der Waals surface area contributed by atoms with Gasteiger partial charge in [0.05, 0.1) is 28.7 Å². The molecule has 2 aromatic rings. The molecule has 6 nitrogen and oxygen atoms in total. The summed E-state index contributed by atoms with van der Waals surface area (Å²) in [4.78, 5) is 23.4. The van der Waals surface area contributed by atoms with Crippen LogP contribution >= 0.6 is 15.9 Å². The van der Waals surface area contributed by atoms with Crippen molar-refractivity contribution < 1.29 is 14.7 Å². The molecule has 1 atom stereocenters. The number of benzene rings is 1. The zero-order chi connectivity index (χ0) is 16.3. The second kappa shape index (κ2) is 6.74. The van der Waals surface area contributed by atoms with Crippen molar-refractivity contribution in [3.63, 3.8) is 0 Å². The molecular weight excluding hydrogens is 350 g/mol. The molecule has 0 spiro atoms. The van der Waals surface area contributed by atoms with Crippen LogP contribution in [0.1, 0.15) is 22.8 Å². The maximum absolute atomic E-state index is 12.2. The molecule has 0 saturated heterocycles. The fourth-order valence-corrected chi connectivity index (χ4v) is 2.39. The summed E-state index contributed by atoms with van der Waals surface area (Å²) in [6.07, 6.45) is 3.45. The third-order valence-corrected chi connectivity index (χ3v) is 3.74. The second-order valence-electron chi connectivity index (χ2n) is 5.05. The Bertz CT molecular complexity index is 712. The normalized spacial score (nSPS) is 12.0. The fraction of sp³-hybridized carbons (Fsp3) is 0.267. The molecule has 116 valence electrons. The lowest BCUT2D eigenvalue weighted by atomic mass is 10.1. The predicted octanol–water partition coefficient (Wildman–Crippen LogP) is 2.93. The van der Waals surface area contributed by atoms with E-state index in [4.69, 9.17) is 5.11 Å². The Kier molecular flexibility index (Phi) is 4.97. The molecular formula is C15H16BrN3O3. The lowest BCUT2D eigenvalue weighted by Gasteiger charge is -2.14. The molecule has 22 heavy (non-hydrogen) atoms. The lowest BCUT2D eigenvalue weighted by molar-refractivity contribution is -0.119. The van der Waals surface area contributed by atoms with Gasteiger partial charge >= 0.3 is 5.97 Å². The summed E-state index contributed by atoms with van der Waals surface area (Å²) in [6.45, 7) is 3.91. The Balaban J connectivity index is 2.08. The lowest BCUT2D eigenvalue weighted by Crippen LogP contribution is -2.25. The number of halogens is 1. The quantitative estimate of drug-likeness (QED) is 0.852. The van der Waals surface area contributed by atoms with Gasteiger partial charge in [0.2, 0.25) is 5.91 Å². The maximum Gasteiger partial charge on any atom is 0.336 e. The van der Waals surface area contributed by atoms with Gasteiger partial charge in [0, 0.05) is 11.9 Å². The SMILES string of the molecule is Cc1c(NC(=O)[C@@H](C)Cn2cc(Br)cn2)cccc1C(=O)O. The van der Waals surface area contributed by atoms with Crippen molar-refractivity contribution in [2.24, 2.45) is 5.92 Å². The number of aromatic nitrogens is 2. The summed E-state index contributed by atoms with van der Waals surface area (Å²) >= 11 is 3.30. The van der Waals surface area contributed by atoms with E-state index in [9.17, 15) is 9.59 Å². The Hall–Kier alpha value is -2.15. The predicted molar refractivity (Wildman–Crippen MR) is 85.9 cm³/mol. The number of hydrogen-bond acceptors (Lipinski definition) is 3. The Labute approximate surface area is 136 Å². The van der Waals surface area contributed by atoms with E-state index in [0.29, 0.717) is 17.8 Å². The first kappa shape index (κ1) is 16.2. The van der Waals surface area contributed by atoms with E-state index in [1.165, 1.54) is 6.07 Å². The van der Waals surface area contributed by atoms with Crippen molar-refractivity contribution in [1.82, 2.24) is 9.78 Å². The number of carboxylic acids is 1. The molecule has 0 bridgehead atoms. The summed E-state index contributed by atoms with van der Waals surface area (Å²) in [5.41, 5.74) is 1.23. The highest BCUT2D eigenvalue weighted by Gasteiger charge is 2.17. The number of carboxylic acid groups (broad SMARTS) is 1. The van der Waals surface area contributed by atoms with Gasteiger partial charge in [-0.3, -0.25) is 9.48 Å². The molecule has 2 rings (SSSR count). The monoisotopic (exact) mass is 365 g/mol. The molecule has 1 amide bonds. The molecule has 2 N–H and O–H groups in total. The van der Waals surface area contributed by atoms with Crippen LogP contribution in [0.4, 0.5) is 5.69 Å². The summed E-state index contributed by atoms with van der Waals surface area (Å²) in [5, 5.41) is 16.0. The molecule has 0 unspecified atom stereocenters. The first-order chi connectivity index (χ1) is 10.4. The first-order valence-corrected chi connectivity index (χ1v) is 7.49. The van der Waals surface area contributed by atoms with E-state index in [0.717, 1.165) is 4.47 Å². The van der Waals surface area contributed by atoms with Crippen LogP contribution in [0.5, 0.6) is 0 Å². The summed E-state index contributed by atoms with van der Waals surface area (Å²) in [7, 11) is 0. The van der Waals surface area contributed by atoms with E-state index in [2.05, 4.69) is 26.3 Å². The molecule has 0 fully saturated rings. The first-order valence-electron chi connectivity index (χ1n) is 6.70. The van der Waals surface area contributed by atoms with Crippen LogP contribution in [0.25, 0.3) is 0 Å². The molecule has 0 aliphatic heterocycles. The largest absolute Gasteiger partial charge is 0.478 e. The van der Waals surface area contributed by atoms with Crippen LogP contribution < -0.4 is 5.32 Å². The van der Waals surface area contributed by atoms with Gasteiger partial charge in [-0.25, -0.2) is 4.79 Å². The average Bonchev–Trinajstić information content (AvgIpc) is 2.86. The Morgan fingerprint density at radius 1 is 1.45 bits per heavy atom. The van der Waals surface area contributed by atoms with E-state index < -0.39 is 5.97 Å².